The summed E-state index contributed by atoms with van der Waals surface area (Å²) in [5.74, 6) is -0.160. The fraction of sp³-hybridized carbons (Fsp3) is 0.500. The minimum Gasteiger partial charge on any atom is -0.383 e. The molecular weight excluding hydrogens is 378 g/mol. The summed E-state index contributed by atoms with van der Waals surface area (Å²) in [6, 6.07) is 12.5. The van der Waals surface area contributed by atoms with Crippen molar-refractivity contribution >= 4 is 11.8 Å². The average molecular weight is 414 g/mol. The van der Waals surface area contributed by atoms with Crippen LogP contribution < -0.4 is 0 Å². The van der Waals surface area contributed by atoms with Gasteiger partial charge in [0, 0.05) is 45.1 Å². The number of methoxy groups -OCH3 is 1. The number of nitrogens with zero attached hydrogens (tertiary/aromatic N) is 3. The third-order valence-corrected chi connectivity index (χ3v) is 5.64. The SMILES string of the molecule is CC[C@@H](C)N(Cc1cccn1Cc1ccccc1C)C(=O)CN(CCOC)C(C)=O. The van der Waals surface area contributed by atoms with Gasteiger partial charge in [-0.3, -0.25) is 9.59 Å². The molecule has 0 fully saturated rings. The van der Waals surface area contributed by atoms with Gasteiger partial charge in [-0.2, -0.15) is 0 Å². The molecule has 2 aromatic rings. The molecule has 0 aliphatic carbocycles. The molecule has 0 aliphatic rings. The van der Waals surface area contributed by atoms with Crippen molar-refractivity contribution in [2.75, 3.05) is 26.8 Å². The van der Waals surface area contributed by atoms with Crippen LogP contribution in [-0.2, 0) is 27.4 Å². The Kier molecular flexibility index (Phi) is 9.12. The predicted octanol–water partition coefficient (Wildman–Crippen LogP) is 3.47. The van der Waals surface area contributed by atoms with Gasteiger partial charge in [0.1, 0.15) is 0 Å². The van der Waals surface area contributed by atoms with Crippen molar-refractivity contribution in [1.29, 1.82) is 0 Å². The van der Waals surface area contributed by atoms with E-state index in [1.807, 2.05) is 17.0 Å². The molecule has 0 aliphatic heterocycles. The molecule has 2 amide bonds. The molecule has 0 N–H and O–H groups in total. The zero-order valence-corrected chi connectivity index (χ0v) is 18.9. The first-order valence-electron chi connectivity index (χ1n) is 10.6. The van der Waals surface area contributed by atoms with Gasteiger partial charge in [0.05, 0.1) is 19.7 Å². The van der Waals surface area contributed by atoms with Gasteiger partial charge in [0.25, 0.3) is 0 Å². The Labute approximate surface area is 180 Å². The molecule has 164 valence electrons. The van der Waals surface area contributed by atoms with Gasteiger partial charge in [-0.15, -0.1) is 0 Å². The zero-order valence-electron chi connectivity index (χ0n) is 18.9. The molecule has 6 nitrogen and oxygen atoms in total. The van der Waals surface area contributed by atoms with Crippen molar-refractivity contribution in [2.24, 2.45) is 0 Å². The Morgan fingerprint density at radius 2 is 1.90 bits per heavy atom. The molecule has 6 heteroatoms. The van der Waals surface area contributed by atoms with Crippen LogP contribution in [0.5, 0.6) is 0 Å². The normalized spacial score (nSPS) is 11.9. The van der Waals surface area contributed by atoms with Crippen LogP contribution in [0.4, 0.5) is 0 Å². The maximum absolute atomic E-state index is 13.2. The molecule has 0 bridgehead atoms. The molecular formula is C24H35N3O3. The number of aromatic nitrogens is 1. The van der Waals surface area contributed by atoms with Gasteiger partial charge in [0.2, 0.25) is 11.8 Å². The van der Waals surface area contributed by atoms with Crippen LogP contribution >= 0.6 is 0 Å². The Balaban J connectivity index is 2.17. The number of amides is 2. The fourth-order valence-electron chi connectivity index (χ4n) is 3.41. The van der Waals surface area contributed by atoms with Crippen molar-refractivity contribution in [3.05, 3.63) is 59.4 Å². The smallest absolute Gasteiger partial charge is 0.242 e. The van der Waals surface area contributed by atoms with Gasteiger partial charge in [-0.25, -0.2) is 0 Å². The van der Waals surface area contributed by atoms with Crippen LogP contribution in [0.15, 0.2) is 42.6 Å². The Morgan fingerprint density at radius 1 is 1.17 bits per heavy atom. The maximum atomic E-state index is 13.2. The minimum absolute atomic E-state index is 0.0423. The Bertz CT molecular complexity index is 831. The van der Waals surface area contributed by atoms with E-state index >= 15 is 0 Å². The fourth-order valence-corrected chi connectivity index (χ4v) is 3.41. The third kappa shape index (κ3) is 6.46. The van der Waals surface area contributed by atoms with Gasteiger partial charge >= 0.3 is 0 Å². The molecule has 0 saturated carbocycles. The van der Waals surface area contributed by atoms with E-state index in [-0.39, 0.29) is 24.4 Å². The number of carbonyl (C=O) groups is 2. The average Bonchev–Trinajstić information content (AvgIpc) is 3.16. The topological polar surface area (TPSA) is 54.8 Å². The first kappa shape index (κ1) is 23.7. The second-order valence-electron chi connectivity index (χ2n) is 7.77. The number of ether oxygens (including phenoxy) is 1. The number of benzene rings is 1. The van der Waals surface area contributed by atoms with Gasteiger partial charge in [-0.05, 0) is 43.5 Å². The predicted molar refractivity (Wildman–Crippen MR) is 119 cm³/mol. The molecule has 1 heterocycles. The van der Waals surface area contributed by atoms with Crippen LogP contribution in [-0.4, -0.2) is 59.0 Å². The maximum Gasteiger partial charge on any atom is 0.242 e. The van der Waals surface area contributed by atoms with E-state index < -0.39 is 0 Å². The van der Waals surface area contributed by atoms with E-state index in [1.54, 1.807) is 12.0 Å². The summed E-state index contributed by atoms with van der Waals surface area (Å²) in [7, 11) is 1.59. The highest BCUT2D eigenvalue weighted by Crippen LogP contribution is 2.16. The summed E-state index contributed by atoms with van der Waals surface area (Å²) in [5.41, 5.74) is 3.60. The quantitative estimate of drug-likeness (QED) is 0.567. The number of aryl methyl sites for hydroxylation is 1. The third-order valence-electron chi connectivity index (χ3n) is 5.64. The van der Waals surface area contributed by atoms with E-state index in [0.717, 1.165) is 18.7 Å². The van der Waals surface area contributed by atoms with Crippen molar-refractivity contribution < 1.29 is 14.3 Å². The lowest BCUT2D eigenvalue weighted by molar-refractivity contribution is -0.141. The van der Waals surface area contributed by atoms with Gasteiger partial charge in [-0.1, -0.05) is 31.2 Å². The monoisotopic (exact) mass is 413 g/mol. The standard InChI is InChI=1S/C24H35N3O3/c1-6-20(3)27(24(29)18-25(21(4)28)14-15-30-5)17-23-12-9-13-26(23)16-22-11-8-7-10-19(22)2/h7-13,20H,6,14-18H2,1-5H3/t20-/m1/s1. The lowest BCUT2D eigenvalue weighted by atomic mass is 10.1. The van der Waals surface area contributed by atoms with Crippen LogP contribution in [0.3, 0.4) is 0 Å². The second kappa shape index (κ2) is 11.6. The summed E-state index contributed by atoms with van der Waals surface area (Å²) in [6.45, 7) is 9.92. The zero-order chi connectivity index (χ0) is 22.1. The van der Waals surface area contributed by atoms with Crippen molar-refractivity contribution in [3.8, 4) is 0 Å². The summed E-state index contributed by atoms with van der Waals surface area (Å²) in [6.07, 6.45) is 2.91. The highest BCUT2D eigenvalue weighted by Gasteiger charge is 2.23. The lowest BCUT2D eigenvalue weighted by Crippen LogP contribution is -2.46. The summed E-state index contributed by atoms with van der Waals surface area (Å²) < 4.78 is 7.27. The van der Waals surface area contributed by atoms with E-state index in [1.165, 1.54) is 18.1 Å². The minimum atomic E-state index is -0.118. The first-order chi connectivity index (χ1) is 14.4. The molecule has 0 spiro atoms. The van der Waals surface area contributed by atoms with E-state index in [4.69, 9.17) is 4.74 Å². The number of hydrogen-bond donors (Lipinski definition) is 0. The molecule has 2 rings (SSSR count). The van der Waals surface area contributed by atoms with Gasteiger partial charge in [0.15, 0.2) is 0 Å². The molecule has 30 heavy (non-hydrogen) atoms. The highest BCUT2D eigenvalue weighted by molar-refractivity contribution is 5.84. The van der Waals surface area contributed by atoms with E-state index in [0.29, 0.717) is 19.7 Å². The molecule has 1 atom stereocenters. The highest BCUT2D eigenvalue weighted by atomic mass is 16.5. The molecule has 0 radical (unpaired) electrons. The van der Waals surface area contributed by atoms with E-state index in [2.05, 4.69) is 55.8 Å². The number of rotatable bonds is 11. The lowest BCUT2D eigenvalue weighted by Gasteiger charge is -2.31. The van der Waals surface area contributed by atoms with Crippen LogP contribution in [0, 0.1) is 6.92 Å². The number of hydrogen-bond acceptors (Lipinski definition) is 3. The van der Waals surface area contributed by atoms with Crippen molar-refractivity contribution in [2.45, 2.75) is 53.2 Å². The molecule has 1 aromatic carbocycles. The number of carbonyl (C=O) groups excluding carboxylic acids is 2. The Hall–Kier alpha value is -2.60. The van der Waals surface area contributed by atoms with Gasteiger partial charge < -0.3 is 19.1 Å². The Morgan fingerprint density at radius 3 is 2.53 bits per heavy atom. The summed E-state index contributed by atoms with van der Waals surface area (Å²) in [4.78, 5) is 28.5. The van der Waals surface area contributed by atoms with Crippen LogP contribution in [0.1, 0.15) is 44.0 Å². The van der Waals surface area contributed by atoms with E-state index in [9.17, 15) is 9.59 Å². The summed E-state index contributed by atoms with van der Waals surface area (Å²) >= 11 is 0. The molecule has 0 unspecified atom stereocenters. The summed E-state index contributed by atoms with van der Waals surface area (Å²) in [5, 5.41) is 0. The largest absolute Gasteiger partial charge is 0.383 e. The first-order valence-corrected chi connectivity index (χ1v) is 10.6. The van der Waals surface area contributed by atoms with Crippen molar-refractivity contribution in [3.63, 3.8) is 0 Å². The van der Waals surface area contributed by atoms with Crippen LogP contribution in [0.25, 0.3) is 0 Å². The van der Waals surface area contributed by atoms with Crippen molar-refractivity contribution in [1.82, 2.24) is 14.4 Å². The second-order valence-corrected chi connectivity index (χ2v) is 7.77. The molecule has 0 saturated heterocycles. The molecule has 1 aromatic heterocycles. The van der Waals surface area contributed by atoms with Crippen LogP contribution in [0.2, 0.25) is 0 Å².